The lowest BCUT2D eigenvalue weighted by atomic mass is 9.79. The highest BCUT2D eigenvalue weighted by Crippen LogP contribution is 2.44. The first-order chi connectivity index (χ1) is 22.8. The van der Waals surface area contributed by atoms with Gasteiger partial charge in [-0.3, -0.25) is 9.98 Å². The predicted molar refractivity (Wildman–Crippen MR) is 192 cm³/mol. The Bertz CT molecular complexity index is 2470. The average molecular weight is 585 g/mol. The van der Waals surface area contributed by atoms with Crippen molar-refractivity contribution in [3.8, 4) is 23.0 Å². The summed E-state index contributed by atoms with van der Waals surface area (Å²) in [6, 6.07) is 32.8. The van der Waals surface area contributed by atoms with E-state index in [4.69, 9.17) is 9.98 Å². The van der Waals surface area contributed by atoms with Gasteiger partial charge in [0.05, 0.1) is 11.4 Å². The molecule has 0 N–H and O–H groups in total. The molecular weight excluding hydrogens is 556 g/mol. The monoisotopic (exact) mass is 584 g/mol. The molecule has 5 aromatic carbocycles. The first kappa shape index (κ1) is 25.5. The lowest BCUT2D eigenvalue weighted by molar-refractivity contribution is 0.657. The Morgan fingerprint density at radius 2 is 1.28 bits per heavy atom. The van der Waals surface area contributed by atoms with Crippen molar-refractivity contribution >= 4 is 38.5 Å². The maximum absolute atomic E-state index is 5.43. The van der Waals surface area contributed by atoms with Crippen molar-refractivity contribution in [3.63, 3.8) is 0 Å². The molecule has 2 heteroatoms. The van der Waals surface area contributed by atoms with Crippen LogP contribution in [0.5, 0.6) is 0 Å². The van der Waals surface area contributed by atoms with E-state index >= 15 is 0 Å². The molecule has 5 aromatic rings. The molecule has 0 aromatic heterocycles. The quantitative estimate of drug-likeness (QED) is 0.189. The summed E-state index contributed by atoms with van der Waals surface area (Å²) in [5.41, 5.74) is 14.6. The van der Waals surface area contributed by atoms with E-state index in [-0.39, 0.29) is 12.1 Å². The summed E-state index contributed by atoms with van der Waals surface area (Å²) in [6.45, 7) is 0. The predicted octanol–water partition coefficient (Wildman–Crippen LogP) is 9.38. The second kappa shape index (κ2) is 9.86. The number of dihydropyridines is 2. The van der Waals surface area contributed by atoms with Crippen LogP contribution in [0.15, 0.2) is 155 Å². The maximum atomic E-state index is 5.43. The fraction of sp³-hybridized carbons (Fsp3) is 0.0909. The third-order valence-corrected chi connectivity index (χ3v) is 10.1. The van der Waals surface area contributed by atoms with Crippen molar-refractivity contribution < 1.29 is 0 Å². The van der Waals surface area contributed by atoms with Crippen molar-refractivity contribution in [2.24, 2.45) is 9.98 Å². The summed E-state index contributed by atoms with van der Waals surface area (Å²) in [5.74, 6) is 6.73. The number of aliphatic imine (C=N–C) groups is 2. The van der Waals surface area contributed by atoms with Crippen LogP contribution >= 0.6 is 0 Å². The first-order valence-corrected chi connectivity index (χ1v) is 16.1. The van der Waals surface area contributed by atoms with Crippen molar-refractivity contribution in [3.05, 3.63) is 172 Å². The van der Waals surface area contributed by atoms with Crippen LogP contribution in [-0.2, 0) is 6.42 Å². The highest BCUT2D eigenvalue weighted by molar-refractivity contribution is 6.19. The molecule has 0 radical (unpaired) electrons. The van der Waals surface area contributed by atoms with Crippen molar-refractivity contribution in [1.29, 1.82) is 0 Å². The van der Waals surface area contributed by atoms with Gasteiger partial charge in [-0.05, 0) is 85.2 Å². The highest BCUT2D eigenvalue weighted by atomic mass is 14.9. The number of rotatable bonds is 3. The normalized spacial score (nSPS) is 20.0. The van der Waals surface area contributed by atoms with Gasteiger partial charge in [-0.25, -0.2) is 0 Å². The Kier molecular flexibility index (Phi) is 5.47. The third kappa shape index (κ3) is 3.79. The van der Waals surface area contributed by atoms with Gasteiger partial charge in [-0.2, -0.15) is 0 Å². The Morgan fingerprint density at radius 1 is 0.609 bits per heavy atom. The smallest absolute Gasteiger partial charge is 0.102 e. The van der Waals surface area contributed by atoms with Crippen LogP contribution in [0.1, 0.15) is 34.2 Å². The lowest BCUT2D eigenvalue weighted by Gasteiger charge is -2.31. The van der Waals surface area contributed by atoms with Gasteiger partial charge in [0, 0.05) is 23.1 Å². The van der Waals surface area contributed by atoms with Crippen molar-refractivity contribution in [2.75, 3.05) is 0 Å². The van der Waals surface area contributed by atoms with Crippen molar-refractivity contribution in [2.45, 2.75) is 24.9 Å². The molecule has 10 rings (SSSR count). The average Bonchev–Trinajstić information content (AvgIpc) is 3.13. The molecule has 1 unspecified atom stereocenters. The molecule has 3 aliphatic carbocycles. The molecule has 214 valence electrons. The molecule has 0 saturated heterocycles. The topological polar surface area (TPSA) is 24.7 Å². The molecule has 5 aliphatic rings. The molecule has 0 amide bonds. The second-order valence-corrected chi connectivity index (χ2v) is 12.6. The van der Waals surface area contributed by atoms with E-state index in [0.29, 0.717) is 0 Å². The molecule has 0 spiro atoms. The zero-order chi connectivity index (χ0) is 30.2. The Morgan fingerprint density at radius 3 is 2.11 bits per heavy atom. The van der Waals surface area contributed by atoms with Gasteiger partial charge in [0.1, 0.15) is 12.1 Å². The van der Waals surface area contributed by atoms with Crippen LogP contribution in [0.3, 0.4) is 0 Å². The minimum Gasteiger partial charge on any atom is -0.274 e. The molecule has 46 heavy (non-hydrogen) atoms. The summed E-state index contributed by atoms with van der Waals surface area (Å²) < 4.78 is 0. The van der Waals surface area contributed by atoms with Crippen LogP contribution in [0, 0.1) is 11.8 Å². The molecule has 2 nitrogen and oxygen atoms in total. The molecule has 0 saturated carbocycles. The summed E-state index contributed by atoms with van der Waals surface area (Å²) in [4.78, 5) is 10.7. The van der Waals surface area contributed by atoms with Gasteiger partial charge in [0.15, 0.2) is 0 Å². The summed E-state index contributed by atoms with van der Waals surface area (Å²) in [5, 5.41) is 5.16. The van der Waals surface area contributed by atoms with E-state index in [1.165, 1.54) is 60.5 Å². The van der Waals surface area contributed by atoms with Gasteiger partial charge >= 0.3 is 0 Å². The minimum atomic E-state index is -0.0534. The van der Waals surface area contributed by atoms with Crippen LogP contribution in [0.4, 0.5) is 0 Å². The Balaban J connectivity index is 1.09. The van der Waals surface area contributed by atoms with E-state index in [1.54, 1.807) is 0 Å². The van der Waals surface area contributed by atoms with Crippen LogP contribution in [0.25, 0.3) is 38.2 Å². The van der Waals surface area contributed by atoms with E-state index in [2.05, 4.69) is 139 Å². The van der Waals surface area contributed by atoms with Crippen LogP contribution in [-0.4, -0.2) is 23.5 Å². The minimum absolute atomic E-state index is 0.0371. The zero-order valence-corrected chi connectivity index (χ0v) is 25.2. The van der Waals surface area contributed by atoms with Crippen LogP contribution < -0.4 is 0 Å². The standard InChI is InChI=1S/C44H28N2/c1-2-7-27(8-3-1)39-25-19-31-15-16-32-20-26-40(46-44(32)43(31)45-39)37-24-23-35(33-11-4-5-12-34(33)37)36-21-17-30-14-13-28-9-6-10-29-18-22-38(36)42(30)41(28)29/h1-5,7-8,11-21,23-26,43-44H,10,22H2/t43-,44?/m0/s1. The Hall–Kier alpha value is -5.78. The third-order valence-electron chi connectivity index (χ3n) is 10.1. The molecule has 2 atom stereocenters. The number of fused-ring (bicyclic) bond motifs is 4. The highest BCUT2D eigenvalue weighted by Gasteiger charge is 2.32. The van der Waals surface area contributed by atoms with E-state index in [0.717, 1.165) is 41.0 Å². The number of nitrogens with zero attached hydrogens (tertiary/aromatic N) is 2. The van der Waals surface area contributed by atoms with Gasteiger partial charge in [-0.15, -0.1) is 0 Å². The van der Waals surface area contributed by atoms with E-state index < -0.39 is 0 Å². The maximum Gasteiger partial charge on any atom is 0.102 e. The molecule has 0 fully saturated rings. The largest absolute Gasteiger partial charge is 0.274 e. The number of allylic oxidation sites excluding steroid dienone is 6. The summed E-state index contributed by atoms with van der Waals surface area (Å²) >= 11 is 0. The van der Waals surface area contributed by atoms with Gasteiger partial charge in [0.25, 0.3) is 0 Å². The summed E-state index contributed by atoms with van der Waals surface area (Å²) in [7, 11) is 0. The second-order valence-electron chi connectivity index (χ2n) is 12.6. The Labute approximate surface area is 268 Å². The number of hydrogen-bond donors (Lipinski definition) is 0. The SMILES string of the molecule is C1#Cc2ccc3ccc(-c4ccc(C5=NC6C(=CC=C7C=CC(c8ccccc8)=N[C@@H]76)C=C5)c5ccccc45)c4c3c2C(=CC4)C1. The van der Waals surface area contributed by atoms with Crippen LogP contribution in [0.2, 0.25) is 0 Å². The fourth-order valence-electron chi connectivity index (χ4n) is 7.90. The zero-order valence-electron chi connectivity index (χ0n) is 25.2. The van der Waals surface area contributed by atoms with Gasteiger partial charge < -0.3 is 0 Å². The van der Waals surface area contributed by atoms with E-state index in [1.807, 2.05) is 6.07 Å². The fourth-order valence-corrected chi connectivity index (χ4v) is 7.90. The first-order valence-electron chi connectivity index (χ1n) is 16.1. The number of benzene rings is 5. The van der Waals surface area contributed by atoms with Gasteiger partial charge in [-0.1, -0.05) is 127 Å². The molecule has 2 aliphatic heterocycles. The van der Waals surface area contributed by atoms with Crippen molar-refractivity contribution in [1.82, 2.24) is 0 Å². The van der Waals surface area contributed by atoms with Gasteiger partial charge in [0.2, 0.25) is 0 Å². The summed E-state index contributed by atoms with van der Waals surface area (Å²) in [6.07, 6.45) is 17.3. The molecular formula is C44H28N2. The molecule has 2 heterocycles. The lowest BCUT2D eigenvalue weighted by Crippen LogP contribution is -2.33. The van der Waals surface area contributed by atoms with E-state index in [9.17, 15) is 0 Å². The number of hydrogen-bond acceptors (Lipinski definition) is 2. The molecule has 0 bridgehead atoms.